The van der Waals surface area contributed by atoms with E-state index in [9.17, 15) is 19.2 Å². The third-order valence-corrected chi connectivity index (χ3v) is 8.19. The van der Waals surface area contributed by atoms with Crippen molar-refractivity contribution in [2.24, 2.45) is 5.41 Å². The van der Waals surface area contributed by atoms with Crippen molar-refractivity contribution in [1.82, 2.24) is 0 Å². The normalized spacial score (nSPS) is 11.4. The van der Waals surface area contributed by atoms with Crippen LogP contribution >= 0.6 is 0 Å². The molecule has 0 atom stereocenters. The van der Waals surface area contributed by atoms with Crippen LogP contribution < -0.4 is 18.9 Å². The summed E-state index contributed by atoms with van der Waals surface area (Å²) in [5.74, 6) is -0.418. The number of carbonyl (C=O) groups excluding carboxylic acids is 4. The van der Waals surface area contributed by atoms with E-state index in [0.29, 0.717) is 45.3 Å². The molecule has 0 aliphatic heterocycles. The minimum absolute atomic E-state index is 0.473. The highest BCUT2D eigenvalue weighted by Gasteiger charge is 2.37. The monoisotopic (exact) mass is 776 g/mol. The molecule has 57 heavy (non-hydrogen) atoms. The van der Waals surface area contributed by atoms with Gasteiger partial charge in [-0.1, -0.05) is 48.5 Å². The molecule has 0 radical (unpaired) electrons. The number of benzene rings is 4. The Labute approximate surface area is 331 Å². The zero-order valence-corrected chi connectivity index (χ0v) is 32.1. The van der Waals surface area contributed by atoms with Gasteiger partial charge in [0.05, 0.1) is 28.4 Å². The minimum atomic E-state index is -1.54. The van der Waals surface area contributed by atoms with Gasteiger partial charge in [-0.15, -0.1) is 0 Å². The van der Waals surface area contributed by atoms with Crippen LogP contribution in [0.25, 0.3) is 24.3 Å². The average Bonchev–Trinajstić information content (AvgIpc) is 3.26. The number of carbonyl (C=O) groups is 4. The van der Waals surface area contributed by atoms with Gasteiger partial charge < -0.3 is 37.9 Å². The van der Waals surface area contributed by atoms with Crippen LogP contribution in [-0.2, 0) is 38.1 Å². The lowest BCUT2D eigenvalue weighted by Gasteiger charge is -2.31. The summed E-state index contributed by atoms with van der Waals surface area (Å²) in [4.78, 5) is 52.0. The van der Waals surface area contributed by atoms with Crippen LogP contribution in [0.5, 0.6) is 23.0 Å². The van der Waals surface area contributed by atoms with Crippen LogP contribution in [0.2, 0.25) is 0 Å². The van der Waals surface area contributed by atoms with Gasteiger partial charge in [0.2, 0.25) is 0 Å². The first kappa shape index (κ1) is 42.7. The van der Waals surface area contributed by atoms with E-state index in [1.54, 1.807) is 150 Å². The molecule has 0 N–H and O–H groups in total. The summed E-state index contributed by atoms with van der Waals surface area (Å²) in [5, 5.41) is 0. The molecule has 4 aromatic carbocycles. The molecular formula is C45H44O12. The number of esters is 4. The quantitative estimate of drug-likeness (QED) is 0.0517. The maximum Gasteiger partial charge on any atom is 0.330 e. The predicted molar refractivity (Wildman–Crippen MR) is 214 cm³/mol. The standard InChI is InChI=1S/C45H44O12/c1-50-37-17-5-33(6-18-37)13-25-41(46)54-29-45(30-55-42(47)26-14-34-7-19-38(51-2)20-8-34,31-56-43(48)27-15-35-9-21-39(52-3)22-10-35)32-57-44(49)28-16-36-11-23-40(53-4)24-12-36/h5-28H,29-32H2,1-4H3/b25-13+,26-14+,27-15+,28-16+. The summed E-state index contributed by atoms with van der Waals surface area (Å²) >= 11 is 0. The Balaban J connectivity index is 1.55. The smallest absolute Gasteiger partial charge is 0.330 e. The number of hydrogen-bond donors (Lipinski definition) is 0. The first-order valence-electron chi connectivity index (χ1n) is 17.6. The molecule has 0 heterocycles. The summed E-state index contributed by atoms with van der Waals surface area (Å²) in [5.41, 5.74) is 1.26. The van der Waals surface area contributed by atoms with Crippen molar-refractivity contribution in [3.8, 4) is 23.0 Å². The maximum atomic E-state index is 13.0. The van der Waals surface area contributed by atoms with Crippen molar-refractivity contribution in [2.75, 3.05) is 54.9 Å². The molecule has 0 unspecified atom stereocenters. The molecule has 0 bridgehead atoms. The van der Waals surface area contributed by atoms with E-state index < -0.39 is 55.7 Å². The third-order valence-electron chi connectivity index (χ3n) is 8.19. The third kappa shape index (κ3) is 14.9. The molecular weight excluding hydrogens is 732 g/mol. The van der Waals surface area contributed by atoms with Crippen molar-refractivity contribution in [3.05, 3.63) is 144 Å². The molecule has 4 rings (SSSR count). The van der Waals surface area contributed by atoms with E-state index in [1.807, 2.05) is 0 Å². The lowest BCUT2D eigenvalue weighted by Crippen LogP contribution is -2.43. The zero-order valence-electron chi connectivity index (χ0n) is 32.1. The summed E-state index contributed by atoms with van der Waals surface area (Å²) in [6.45, 7) is -1.89. The Hall–Kier alpha value is -7.08. The second-order valence-corrected chi connectivity index (χ2v) is 12.4. The Morgan fingerprint density at radius 2 is 0.561 bits per heavy atom. The van der Waals surface area contributed by atoms with Gasteiger partial charge in [0, 0.05) is 24.3 Å². The van der Waals surface area contributed by atoms with Crippen LogP contribution in [0.3, 0.4) is 0 Å². The molecule has 0 saturated heterocycles. The molecule has 296 valence electrons. The molecule has 0 aromatic heterocycles. The van der Waals surface area contributed by atoms with E-state index in [-0.39, 0.29) is 0 Å². The highest BCUT2D eigenvalue weighted by Crippen LogP contribution is 2.23. The predicted octanol–water partition coefficient (Wildman–Crippen LogP) is 7.03. The van der Waals surface area contributed by atoms with Crippen LogP contribution in [0, 0.1) is 5.41 Å². The molecule has 12 nitrogen and oxygen atoms in total. The Morgan fingerprint density at radius 3 is 0.737 bits per heavy atom. The summed E-state index contributed by atoms with van der Waals surface area (Å²) < 4.78 is 43.2. The van der Waals surface area contributed by atoms with Gasteiger partial charge in [0.15, 0.2) is 0 Å². The molecule has 12 heteroatoms. The maximum absolute atomic E-state index is 13.0. The van der Waals surface area contributed by atoms with E-state index in [4.69, 9.17) is 37.9 Å². The molecule has 0 saturated carbocycles. The highest BCUT2D eigenvalue weighted by atomic mass is 16.6. The van der Waals surface area contributed by atoms with Crippen molar-refractivity contribution in [1.29, 1.82) is 0 Å². The van der Waals surface area contributed by atoms with Gasteiger partial charge in [-0.2, -0.15) is 0 Å². The van der Waals surface area contributed by atoms with E-state index in [2.05, 4.69) is 0 Å². The van der Waals surface area contributed by atoms with Gasteiger partial charge in [-0.3, -0.25) is 0 Å². The number of hydrogen-bond acceptors (Lipinski definition) is 12. The number of rotatable bonds is 20. The molecule has 4 aromatic rings. The van der Waals surface area contributed by atoms with Crippen LogP contribution in [0.4, 0.5) is 0 Å². The van der Waals surface area contributed by atoms with Crippen molar-refractivity contribution in [2.45, 2.75) is 0 Å². The van der Waals surface area contributed by atoms with Crippen LogP contribution in [0.15, 0.2) is 121 Å². The van der Waals surface area contributed by atoms with Crippen molar-refractivity contribution in [3.63, 3.8) is 0 Å². The molecule has 0 spiro atoms. The number of ether oxygens (including phenoxy) is 8. The zero-order chi connectivity index (χ0) is 40.9. The van der Waals surface area contributed by atoms with Crippen LogP contribution in [-0.4, -0.2) is 78.7 Å². The highest BCUT2D eigenvalue weighted by molar-refractivity contribution is 5.89. The molecule has 0 amide bonds. The summed E-state index contributed by atoms with van der Waals surface area (Å²) in [7, 11) is 6.19. The Kier molecular flexibility index (Phi) is 16.7. The number of methoxy groups -OCH3 is 4. The van der Waals surface area contributed by atoms with Gasteiger partial charge >= 0.3 is 23.9 Å². The van der Waals surface area contributed by atoms with Crippen molar-refractivity contribution >= 4 is 48.2 Å². The fourth-order valence-electron chi connectivity index (χ4n) is 4.86. The van der Waals surface area contributed by atoms with E-state index >= 15 is 0 Å². The van der Waals surface area contributed by atoms with Gasteiger partial charge in [0.1, 0.15) is 54.8 Å². The lowest BCUT2D eigenvalue weighted by molar-refractivity contribution is -0.164. The molecule has 0 aliphatic carbocycles. The molecule has 0 fully saturated rings. The fourth-order valence-corrected chi connectivity index (χ4v) is 4.86. The van der Waals surface area contributed by atoms with Gasteiger partial charge in [-0.05, 0) is 95.1 Å². The second kappa shape index (κ2) is 22.3. The Morgan fingerprint density at radius 1 is 0.368 bits per heavy atom. The lowest BCUT2D eigenvalue weighted by atomic mass is 9.92. The second-order valence-electron chi connectivity index (χ2n) is 12.4. The van der Waals surface area contributed by atoms with Gasteiger partial charge in [0.25, 0.3) is 0 Å². The average molecular weight is 777 g/mol. The first-order valence-corrected chi connectivity index (χ1v) is 17.6. The van der Waals surface area contributed by atoms with Crippen molar-refractivity contribution < 1.29 is 57.1 Å². The SMILES string of the molecule is COc1ccc(/C=C/C(=O)OCC(COC(=O)/C=C/c2ccc(OC)cc2)(COC(=O)/C=C/c2ccc(OC)cc2)COC(=O)/C=C/c2ccc(OC)cc2)cc1. The summed E-state index contributed by atoms with van der Waals surface area (Å²) in [6, 6.07) is 27.9. The van der Waals surface area contributed by atoms with E-state index in [0.717, 1.165) is 0 Å². The van der Waals surface area contributed by atoms with Gasteiger partial charge in [-0.25, -0.2) is 19.2 Å². The minimum Gasteiger partial charge on any atom is -0.497 e. The molecule has 0 aliphatic rings. The first-order chi connectivity index (χ1) is 27.6. The van der Waals surface area contributed by atoms with Crippen LogP contribution in [0.1, 0.15) is 22.3 Å². The topological polar surface area (TPSA) is 142 Å². The van der Waals surface area contributed by atoms with E-state index in [1.165, 1.54) is 24.3 Å². The summed E-state index contributed by atoms with van der Waals surface area (Å²) in [6.07, 6.45) is 11.0. The Bertz CT molecular complexity index is 1730. The largest absolute Gasteiger partial charge is 0.497 e. The fraction of sp³-hybridized carbons (Fsp3) is 0.200.